The summed E-state index contributed by atoms with van der Waals surface area (Å²) in [4.78, 5) is 9.28. The van der Waals surface area contributed by atoms with Crippen LogP contribution in [0.5, 0.6) is 0 Å². The van der Waals surface area contributed by atoms with E-state index in [-0.39, 0.29) is 0 Å². The van der Waals surface area contributed by atoms with E-state index < -0.39 is 0 Å². The molecule has 4 rings (SSSR count). The van der Waals surface area contributed by atoms with E-state index in [4.69, 9.17) is 0 Å². The average molecular weight is 374 g/mol. The molecule has 4 aromatic rings. The summed E-state index contributed by atoms with van der Waals surface area (Å²) in [6, 6.07) is 20.9. The molecule has 0 bridgehead atoms. The number of nitrogens with zero attached hydrogens (tertiary/aromatic N) is 3. The van der Waals surface area contributed by atoms with E-state index in [2.05, 4.69) is 82.3 Å². The van der Waals surface area contributed by atoms with Crippen molar-refractivity contribution in [2.45, 2.75) is 31.2 Å². The molecule has 27 heavy (non-hydrogen) atoms. The van der Waals surface area contributed by atoms with Crippen LogP contribution in [0.4, 0.5) is 0 Å². The van der Waals surface area contributed by atoms with Crippen molar-refractivity contribution >= 4 is 22.8 Å². The molecule has 0 aliphatic rings. The minimum atomic E-state index is 0.966. The third-order valence-electron chi connectivity index (χ3n) is 4.65. The first-order valence-electron chi connectivity index (χ1n) is 9.48. The lowest BCUT2D eigenvalue weighted by atomic mass is 10.1. The molecular formula is C23H23N3S. The van der Waals surface area contributed by atoms with Crippen molar-refractivity contribution in [1.29, 1.82) is 0 Å². The summed E-state index contributed by atoms with van der Waals surface area (Å²) in [6.07, 6.45) is 7.60. The predicted molar refractivity (Wildman–Crippen MR) is 115 cm³/mol. The van der Waals surface area contributed by atoms with Crippen LogP contribution in [0.15, 0.2) is 78.2 Å². The van der Waals surface area contributed by atoms with E-state index in [1.165, 1.54) is 30.4 Å². The molecule has 0 saturated heterocycles. The fourth-order valence-corrected chi connectivity index (χ4v) is 4.30. The van der Waals surface area contributed by atoms with Gasteiger partial charge in [0.25, 0.3) is 0 Å². The summed E-state index contributed by atoms with van der Waals surface area (Å²) < 4.78 is 2.18. The Balaban J connectivity index is 1.86. The standard InChI is InChI=1S/C23H23N3S/c1-2-3-10-15-27-23-21-20(18-11-6-4-7-12-18)16-26(22(21)24-17-25-23)19-13-8-5-9-14-19/h4-9,11-14,16-17H,2-3,10,15H2,1H3. The van der Waals surface area contributed by atoms with Crippen LogP contribution in [-0.4, -0.2) is 20.3 Å². The second-order valence-electron chi connectivity index (χ2n) is 6.55. The number of aromatic nitrogens is 3. The van der Waals surface area contributed by atoms with Gasteiger partial charge in [-0.1, -0.05) is 68.3 Å². The van der Waals surface area contributed by atoms with Gasteiger partial charge >= 0.3 is 0 Å². The molecule has 0 aliphatic carbocycles. The van der Waals surface area contributed by atoms with Gasteiger partial charge in [-0.25, -0.2) is 9.97 Å². The van der Waals surface area contributed by atoms with Gasteiger partial charge in [0.05, 0.1) is 5.39 Å². The molecule has 0 atom stereocenters. The first-order chi connectivity index (χ1) is 13.4. The predicted octanol–water partition coefficient (Wildman–Crippen LogP) is 6.37. The third kappa shape index (κ3) is 3.76. The van der Waals surface area contributed by atoms with Crippen LogP contribution in [-0.2, 0) is 0 Å². The summed E-state index contributed by atoms with van der Waals surface area (Å²) in [5, 5.41) is 2.22. The zero-order valence-corrected chi connectivity index (χ0v) is 16.3. The van der Waals surface area contributed by atoms with Gasteiger partial charge in [0, 0.05) is 17.4 Å². The molecule has 0 N–H and O–H groups in total. The number of thioether (sulfide) groups is 1. The number of hydrogen-bond donors (Lipinski definition) is 0. The third-order valence-corrected chi connectivity index (χ3v) is 5.73. The molecule has 3 nitrogen and oxygen atoms in total. The van der Waals surface area contributed by atoms with E-state index in [0.717, 1.165) is 27.5 Å². The van der Waals surface area contributed by atoms with Crippen molar-refractivity contribution in [3.8, 4) is 16.8 Å². The first-order valence-corrected chi connectivity index (χ1v) is 10.5. The van der Waals surface area contributed by atoms with Crippen molar-refractivity contribution in [2.24, 2.45) is 0 Å². The molecule has 0 saturated carbocycles. The molecule has 0 unspecified atom stereocenters. The minimum absolute atomic E-state index is 0.966. The highest BCUT2D eigenvalue weighted by atomic mass is 32.2. The number of para-hydroxylation sites is 1. The molecule has 2 heterocycles. The van der Waals surface area contributed by atoms with Crippen LogP contribution in [0.2, 0.25) is 0 Å². The molecule has 4 heteroatoms. The Morgan fingerprint density at radius 1 is 0.889 bits per heavy atom. The van der Waals surface area contributed by atoms with E-state index in [1.807, 2.05) is 17.8 Å². The number of unbranched alkanes of at least 4 members (excludes halogenated alkanes) is 2. The normalized spacial score (nSPS) is 11.1. The largest absolute Gasteiger partial charge is 0.301 e. The van der Waals surface area contributed by atoms with E-state index in [0.29, 0.717) is 0 Å². The molecule has 0 fully saturated rings. The maximum atomic E-state index is 4.65. The van der Waals surface area contributed by atoms with Gasteiger partial charge in [0.1, 0.15) is 17.0 Å². The van der Waals surface area contributed by atoms with Crippen LogP contribution >= 0.6 is 11.8 Å². The van der Waals surface area contributed by atoms with Crippen molar-refractivity contribution in [3.63, 3.8) is 0 Å². The molecule has 0 aliphatic heterocycles. The Kier molecular flexibility index (Phi) is 5.54. The fraction of sp³-hybridized carbons (Fsp3) is 0.217. The van der Waals surface area contributed by atoms with Crippen LogP contribution in [0.1, 0.15) is 26.2 Å². The summed E-state index contributed by atoms with van der Waals surface area (Å²) in [6.45, 7) is 2.24. The lowest BCUT2D eigenvalue weighted by Crippen LogP contribution is -1.94. The summed E-state index contributed by atoms with van der Waals surface area (Å²) in [5.74, 6) is 1.09. The Morgan fingerprint density at radius 2 is 1.63 bits per heavy atom. The lowest BCUT2D eigenvalue weighted by Gasteiger charge is -2.06. The highest BCUT2D eigenvalue weighted by Crippen LogP contribution is 2.36. The second-order valence-corrected chi connectivity index (χ2v) is 7.63. The Hall–Kier alpha value is -2.59. The minimum Gasteiger partial charge on any atom is -0.301 e. The van der Waals surface area contributed by atoms with E-state index in [9.17, 15) is 0 Å². The van der Waals surface area contributed by atoms with Crippen molar-refractivity contribution in [1.82, 2.24) is 14.5 Å². The van der Waals surface area contributed by atoms with Gasteiger partial charge in [-0.15, -0.1) is 11.8 Å². The fourth-order valence-electron chi connectivity index (χ4n) is 3.29. The molecule has 2 aromatic heterocycles. The maximum absolute atomic E-state index is 4.65. The van der Waals surface area contributed by atoms with Gasteiger partial charge < -0.3 is 4.57 Å². The molecule has 0 radical (unpaired) electrons. The molecule has 2 aromatic carbocycles. The van der Waals surface area contributed by atoms with Crippen LogP contribution in [0.3, 0.4) is 0 Å². The number of fused-ring (bicyclic) bond motifs is 1. The molecule has 0 amide bonds. The Labute approximate surface area is 164 Å². The number of hydrogen-bond acceptors (Lipinski definition) is 3. The summed E-state index contributed by atoms with van der Waals surface area (Å²) in [5.41, 5.74) is 4.47. The van der Waals surface area contributed by atoms with Gasteiger partial charge in [0.2, 0.25) is 0 Å². The van der Waals surface area contributed by atoms with Gasteiger partial charge in [-0.2, -0.15) is 0 Å². The molecular weight excluding hydrogens is 350 g/mol. The van der Waals surface area contributed by atoms with Crippen LogP contribution in [0, 0.1) is 0 Å². The lowest BCUT2D eigenvalue weighted by molar-refractivity contribution is 0.778. The first kappa shape index (κ1) is 17.8. The maximum Gasteiger partial charge on any atom is 0.149 e. The quantitative estimate of drug-likeness (QED) is 0.214. The van der Waals surface area contributed by atoms with Crippen LogP contribution < -0.4 is 0 Å². The number of benzene rings is 2. The number of rotatable bonds is 7. The summed E-state index contributed by atoms with van der Waals surface area (Å²) >= 11 is 1.84. The molecule has 0 spiro atoms. The van der Waals surface area contributed by atoms with E-state index >= 15 is 0 Å². The van der Waals surface area contributed by atoms with Gasteiger partial charge in [0.15, 0.2) is 0 Å². The Bertz CT molecular complexity index is 1010. The van der Waals surface area contributed by atoms with Crippen molar-refractivity contribution < 1.29 is 0 Å². The monoisotopic (exact) mass is 373 g/mol. The topological polar surface area (TPSA) is 30.7 Å². The zero-order chi connectivity index (χ0) is 18.5. The SMILES string of the molecule is CCCCCSc1ncnc2c1c(-c1ccccc1)cn2-c1ccccc1. The Morgan fingerprint density at radius 3 is 2.37 bits per heavy atom. The smallest absolute Gasteiger partial charge is 0.149 e. The summed E-state index contributed by atoms with van der Waals surface area (Å²) in [7, 11) is 0. The van der Waals surface area contributed by atoms with Gasteiger partial charge in [-0.05, 0) is 29.9 Å². The van der Waals surface area contributed by atoms with Gasteiger partial charge in [-0.3, -0.25) is 0 Å². The second kappa shape index (κ2) is 8.40. The highest BCUT2D eigenvalue weighted by Gasteiger charge is 2.17. The van der Waals surface area contributed by atoms with E-state index in [1.54, 1.807) is 6.33 Å². The zero-order valence-electron chi connectivity index (χ0n) is 15.5. The van der Waals surface area contributed by atoms with Crippen LogP contribution in [0.25, 0.3) is 27.8 Å². The van der Waals surface area contributed by atoms with Crippen molar-refractivity contribution in [3.05, 3.63) is 73.2 Å². The molecule has 136 valence electrons. The van der Waals surface area contributed by atoms with Crippen molar-refractivity contribution in [2.75, 3.05) is 5.75 Å². The average Bonchev–Trinajstić information content (AvgIpc) is 3.13. The highest BCUT2D eigenvalue weighted by molar-refractivity contribution is 7.99.